The number of carbonyl (C=O) groups is 1. The lowest BCUT2D eigenvalue weighted by atomic mass is 10.0. The molecule has 2 saturated heterocycles. The van der Waals surface area contributed by atoms with Crippen molar-refractivity contribution in [2.75, 3.05) is 53.4 Å². The van der Waals surface area contributed by atoms with Crippen LogP contribution in [0.3, 0.4) is 0 Å². The smallest absolute Gasteiger partial charge is 0.257 e. The minimum atomic E-state index is 0.0884. The molecule has 0 N–H and O–H groups in total. The molecule has 0 aromatic heterocycles. The third-order valence-electron chi connectivity index (χ3n) is 5.14. The Labute approximate surface area is 138 Å². The molecule has 0 unspecified atom stereocenters. The third-order valence-corrected chi connectivity index (χ3v) is 5.14. The maximum Gasteiger partial charge on any atom is 0.257 e. The van der Waals surface area contributed by atoms with Gasteiger partial charge in [0.25, 0.3) is 5.91 Å². The topological polar surface area (TPSA) is 36.0 Å². The van der Waals surface area contributed by atoms with Gasteiger partial charge in [-0.1, -0.05) is 12.1 Å². The van der Waals surface area contributed by atoms with Gasteiger partial charge in [0.2, 0.25) is 0 Å². The van der Waals surface area contributed by atoms with Crippen molar-refractivity contribution in [1.29, 1.82) is 0 Å². The molecule has 0 atom stereocenters. The van der Waals surface area contributed by atoms with Crippen LogP contribution in [0.15, 0.2) is 24.3 Å². The molecule has 2 aliphatic rings. The number of benzene rings is 1. The maximum atomic E-state index is 12.7. The average Bonchev–Trinajstić information content (AvgIpc) is 2.62. The standard InChI is InChI=1S/C18H27N3O2/c1-19-9-7-15(8-10-19)20-11-13-21(14-12-20)18(22)16-5-3-4-6-17(16)23-2/h3-6,15H,7-14H2,1-2H3. The number of hydrogen-bond donors (Lipinski definition) is 0. The number of nitrogens with zero attached hydrogens (tertiary/aromatic N) is 3. The van der Waals surface area contributed by atoms with Gasteiger partial charge < -0.3 is 14.5 Å². The first-order valence-electron chi connectivity index (χ1n) is 8.54. The van der Waals surface area contributed by atoms with Gasteiger partial charge in [0.05, 0.1) is 12.7 Å². The predicted molar refractivity (Wildman–Crippen MR) is 91.0 cm³/mol. The first-order chi connectivity index (χ1) is 11.2. The Hall–Kier alpha value is -1.59. The lowest BCUT2D eigenvalue weighted by molar-refractivity contribution is 0.0473. The number of amides is 1. The van der Waals surface area contributed by atoms with E-state index in [0.717, 1.165) is 26.2 Å². The van der Waals surface area contributed by atoms with Crippen LogP contribution in [0.4, 0.5) is 0 Å². The van der Waals surface area contributed by atoms with E-state index in [2.05, 4.69) is 16.8 Å². The molecule has 2 fully saturated rings. The zero-order valence-electron chi connectivity index (χ0n) is 14.2. The molecule has 5 heteroatoms. The molecule has 23 heavy (non-hydrogen) atoms. The monoisotopic (exact) mass is 317 g/mol. The van der Waals surface area contributed by atoms with Crippen molar-refractivity contribution in [2.45, 2.75) is 18.9 Å². The first-order valence-corrected chi connectivity index (χ1v) is 8.54. The molecule has 3 rings (SSSR count). The highest BCUT2D eigenvalue weighted by atomic mass is 16.5. The second-order valence-electron chi connectivity index (χ2n) is 6.56. The number of carbonyl (C=O) groups excluding carboxylic acids is 1. The number of piperidine rings is 1. The van der Waals surface area contributed by atoms with Crippen LogP contribution in [0.5, 0.6) is 5.75 Å². The summed E-state index contributed by atoms with van der Waals surface area (Å²) >= 11 is 0. The van der Waals surface area contributed by atoms with E-state index in [1.165, 1.54) is 25.9 Å². The van der Waals surface area contributed by atoms with E-state index >= 15 is 0 Å². The summed E-state index contributed by atoms with van der Waals surface area (Å²) in [6.07, 6.45) is 2.49. The van der Waals surface area contributed by atoms with Crippen molar-refractivity contribution in [3.8, 4) is 5.75 Å². The largest absolute Gasteiger partial charge is 0.496 e. The molecule has 0 saturated carbocycles. The van der Waals surface area contributed by atoms with Crippen molar-refractivity contribution in [3.63, 3.8) is 0 Å². The molecular formula is C18H27N3O2. The summed E-state index contributed by atoms with van der Waals surface area (Å²) in [6.45, 7) is 5.95. The van der Waals surface area contributed by atoms with Gasteiger partial charge in [-0.05, 0) is 45.1 Å². The van der Waals surface area contributed by atoms with E-state index in [1.807, 2.05) is 29.2 Å². The highest BCUT2D eigenvalue weighted by molar-refractivity contribution is 5.97. The van der Waals surface area contributed by atoms with Gasteiger partial charge in [-0.15, -0.1) is 0 Å². The summed E-state index contributed by atoms with van der Waals surface area (Å²) in [5.41, 5.74) is 0.669. The molecule has 1 amide bonds. The fraction of sp³-hybridized carbons (Fsp3) is 0.611. The fourth-order valence-corrected chi connectivity index (χ4v) is 3.64. The number of likely N-dealkylation sites (tertiary alicyclic amines) is 1. The molecule has 0 bridgehead atoms. The van der Waals surface area contributed by atoms with Gasteiger partial charge in [-0.25, -0.2) is 0 Å². The van der Waals surface area contributed by atoms with E-state index < -0.39 is 0 Å². The van der Waals surface area contributed by atoms with E-state index in [-0.39, 0.29) is 5.91 Å². The number of piperazine rings is 1. The Kier molecular flexibility index (Phi) is 5.18. The first kappa shape index (κ1) is 16.3. The molecule has 5 nitrogen and oxygen atoms in total. The zero-order chi connectivity index (χ0) is 16.2. The van der Waals surface area contributed by atoms with Crippen molar-refractivity contribution in [1.82, 2.24) is 14.7 Å². The van der Waals surface area contributed by atoms with E-state index in [4.69, 9.17) is 4.74 Å². The number of hydrogen-bond acceptors (Lipinski definition) is 4. The number of methoxy groups -OCH3 is 1. The molecule has 0 aliphatic carbocycles. The molecule has 0 radical (unpaired) electrons. The summed E-state index contributed by atoms with van der Waals surface area (Å²) in [7, 11) is 3.81. The van der Waals surface area contributed by atoms with Crippen molar-refractivity contribution in [2.24, 2.45) is 0 Å². The summed E-state index contributed by atoms with van der Waals surface area (Å²) in [5.74, 6) is 0.751. The Bertz CT molecular complexity index is 533. The van der Waals surface area contributed by atoms with Crippen LogP contribution >= 0.6 is 0 Å². The highest BCUT2D eigenvalue weighted by Gasteiger charge is 2.29. The van der Waals surface area contributed by atoms with E-state index in [0.29, 0.717) is 17.4 Å². The lowest BCUT2D eigenvalue weighted by Crippen LogP contribution is -2.54. The van der Waals surface area contributed by atoms with Crippen LogP contribution in [0.1, 0.15) is 23.2 Å². The summed E-state index contributed by atoms with van der Waals surface area (Å²) in [5, 5.41) is 0. The lowest BCUT2D eigenvalue weighted by Gasteiger charge is -2.42. The number of para-hydroxylation sites is 1. The normalized spacial score (nSPS) is 21.4. The SMILES string of the molecule is COc1ccccc1C(=O)N1CCN(C2CCN(C)CC2)CC1. The highest BCUT2D eigenvalue weighted by Crippen LogP contribution is 2.22. The Morgan fingerprint density at radius 3 is 2.35 bits per heavy atom. The fourth-order valence-electron chi connectivity index (χ4n) is 3.64. The van der Waals surface area contributed by atoms with Crippen molar-refractivity contribution in [3.05, 3.63) is 29.8 Å². The van der Waals surface area contributed by atoms with Crippen molar-refractivity contribution >= 4 is 5.91 Å². The van der Waals surface area contributed by atoms with Crippen LogP contribution in [0.2, 0.25) is 0 Å². The summed E-state index contributed by atoms with van der Waals surface area (Å²) < 4.78 is 5.32. The second-order valence-corrected chi connectivity index (χ2v) is 6.56. The molecule has 2 heterocycles. The summed E-state index contributed by atoms with van der Waals surface area (Å²) in [6, 6.07) is 8.18. The molecule has 2 aliphatic heterocycles. The van der Waals surface area contributed by atoms with Gasteiger partial charge in [0, 0.05) is 32.2 Å². The number of rotatable bonds is 3. The second kappa shape index (κ2) is 7.32. The Morgan fingerprint density at radius 2 is 1.70 bits per heavy atom. The molecule has 0 spiro atoms. The average molecular weight is 317 g/mol. The van der Waals surface area contributed by atoms with Crippen LogP contribution in [0.25, 0.3) is 0 Å². The molecule has 126 valence electrons. The third kappa shape index (κ3) is 3.67. The Morgan fingerprint density at radius 1 is 1.04 bits per heavy atom. The number of ether oxygens (including phenoxy) is 1. The van der Waals surface area contributed by atoms with Gasteiger partial charge in [0.15, 0.2) is 0 Å². The Balaban J connectivity index is 1.57. The molecular weight excluding hydrogens is 290 g/mol. The minimum absolute atomic E-state index is 0.0884. The van der Waals surface area contributed by atoms with Gasteiger partial charge in [0.1, 0.15) is 5.75 Å². The quantitative estimate of drug-likeness (QED) is 0.847. The zero-order valence-corrected chi connectivity index (χ0v) is 14.2. The van der Waals surface area contributed by atoms with Gasteiger partial charge >= 0.3 is 0 Å². The van der Waals surface area contributed by atoms with Gasteiger partial charge in [-0.3, -0.25) is 9.69 Å². The molecule has 1 aromatic carbocycles. The summed E-state index contributed by atoms with van der Waals surface area (Å²) in [4.78, 5) is 19.7. The van der Waals surface area contributed by atoms with E-state index in [1.54, 1.807) is 7.11 Å². The van der Waals surface area contributed by atoms with Gasteiger partial charge in [-0.2, -0.15) is 0 Å². The van der Waals surface area contributed by atoms with Crippen LogP contribution in [-0.2, 0) is 0 Å². The van der Waals surface area contributed by atoms with E-state index in [9.17, 15) is 4.79 Å². The van der Waals surface area contributed by atoms with Crippen LogP contribution in [-0.4, -0.2) is 80.1 Å². The minimum Gasteiger partial charge on any atom is -0.496 e. The van der Waals surface area contributed by atoms with Crippen molar-refractivity contribution < 1.29 is 9.53 Å². The van der Waals surface area contributed by atoms with Crippen LogP contribution < -0.4 is 4.74 Å². The predicted octanol–water partition coefficient (Wildman–Crippen LogP) is 1.55. The maximum absolute atomic E-state index is 12.7. The molecule has 1 aromatic rings. The van der Waals surface area contributed by atoms with Crippen LogP contribution in [0, 0.1) is 0 Å².